The number of aliphatic hydroxyl groups excluding tert-OH is 3. The maximum Gasteiger partial charge on any atom is 0.306 e. The van der Waals surface area contributed by atoms with E-state index in [9.17, 15) is 20.1 Å². The fraction of sp³-hybridized carbons (Fsp3) is 0.966. The lowest BCUT2D eigenvalue weighted by molar-refractivity contribution is -0.206. The molecule has 3 N–H and O–H groups in total. The summed E-state index contributed by atoms with van der Waals surface area (Å²) in [6.07, 6.45) is 9.19. The van der Waals surface area contributed by atoms with Crippen molar-refractivity contribution >= 4 is 5.97 Å². The molecular formula is C29H48O6. The molecule has 0 spiro atoms. The Kier molecular flexibility index (Phi) is 7.33. The third-order valence-electron chi connectivity index (χ3n) is 11.8. The van der Waals surface area contributed by atoms with Crippen molar-refractivity contribution in [1.29, 1.82) is 0 Å². The Morgan fingerprint density at radius 3 is 2.60 bits per heavy atom. The molecule has 6 heteroatoms. The van der Waals surface area contributed by atoms with Crippen LogP contribution in [0.3, 0.4) is 0 Å². The van der Waals surface area contributed by atoms with E-state index >= 15 is 0 Å². The van der Waals surface area contributed by atoms with E-state index in [0.29, 0.717) is 55.0 Å². The summed E-state index contributed by atoms with van der Waals surface area (Å²) in [6.45, 7) is 7.58. The molecule has 5 aliphatic rings. The van der Waals surface area contributed by atoms with Crippen molar-refractivity contribution in [2.75, 3.05) is 6.61 Å². The quantitative estimate of drug-likeness (QED) is 0.491. The van der Waals surface area contributed by atoms with Crippen LogP contribution in [-0.4, -0.2) is 52.5 Å². The Balaban J connectivity index is 1.23. The lowest BCUT2D eigenvalue weighted by Gasteiger charge is -2.62. The summed E-state index contributed by atoms with van der Waals surface area (Å²) >= 11 is 0. The van der Waals surface area contributed by atoms with Crippen LogP contribution < -0.4 is 0 Å². The van der Waals surface area contributed by atoms with E-state index in [4.69, 9.17) is 9.47 Å². The number of ether oxygens (including phenoxy) is 2. The van der Waals surface area contributed by atoms with Gasteiger partial charge in [0, 0.05) is 6.42 Å². The van der Waals surface area contributed by atoms with Crippen LogP contribution in [-0.2, 0) is 14.3 Å². The molecule has 5 rings (SSSR count). The Hall–Kier alpha value is -0.690. The minimum atomic E-state index is -1.01. The van der Waals surface area contributed by atoms with Crippen molar-refractivity contribution in [3.63, 3.8) is 0 Å². The molecule has 12 atom stereocenters. The lowest BCUT2D eigenvalue weighted by Crippen LogP contribution is -2.58. The van der Waals surface area contributed by atoms with Crippen LogP contribution >= 0.6 is 0 Å². The number of aliphatic hydroxyl groups is 3. The van der Waals surface area contributed by atoms with Crippen LogP contribution in [0.15, 0.2) is 0 Å². The van der Waals surface area contributed by atoms with Crippen LogP contribution in [0.4, 0.5) is 0 Å². The standard InChI is InChI=1S/C29H48O6/c1-17(6-11-26(32)35-24-5-4-14-34-27(24)33)21-9-10-22-20-8-7-18-15-19(30)12-13-28(18,2)23(20)16-25(31)29(21,22)3/h17-25,27,30-31,33H,4-16H2,1-3H3/t17-,18-,19-,20+,21-,22+,23+,24-,25+,27?,28+,29-/m1/s1. The van der Waals surface area contributed by atoms with Crippen LogP contribution in [0, 0.1) is 46.3 Å². The zero-order chi connectivity index (χ0) is 25.0. The molecule has 0 aromatic carbocycles. The van der Waals surface area contributed by atoms with Gasteiger partial charge in [-0.2, -0.15) is 0 Å². The SMILES string of the molecule is C[C@H](CCC(=O)O[C@@H]1CCCOC1O)[C@H]1CC[C@H]2[C@@H]3CC[C@@H]4C[C@H](O)CC[C@]4(C)[C@H]3C[C@H](O)[C@]12C. The van der Waals surface area contributed by atoms with Gasteiger partial charge in [0.2, 0.25) is 0 Å². The highest BCUT2D eigenvalue weighted by Crippen LogP contribution is 2.68. The highest BCUT2D eigenvalue weighted by molar-refractivity contribution is 5.69. The van der Waals surface area contributed by atoms with Crippen molar-refractivity contribution < 1.29 is 29.6 Å². The van der Waals surface area contributed by atoms with Gasteiger partial charge in [-0.25, -0.2) is 0 Å². The predicted molar refractivity (Wildman–Crippen MR) is 132 cm³/mol. The maximum atomic E-state index is 12.5. The van der Waals surface area contributed by atoms with E-state index in [1.54, 1.807) is 0 Å². The second-order valence-corrected chi connectivity index (χ2v) is 13.3. The molecule has 4 saturated carbocycles. The molecule has 0 bridgehead atoms. The summed E-state index contributed by atoms with van der Waals surface area (Å²) in [5, 5.41) is 31.9. The maximum absolute atomic E-state index is 12.5. The third kappa shape index (κ3) is 4.49. The fourth-order valence-corrected chi connectivity index (χ4v) is 9.79. The number of hydrogen-bond donors (Lipinski definition) is 3. The number of esters is 1. The number of fused-ring (bicyclic) bond motifs is 5. The van der Waals surface area contributed by atoms with Gasteiger partial charge in [-0.15, -0.1) is 0 Å². The lowest BCUT2D eigenvalue weighted by atomic mass is 9.43. The molecule has 35 heavy (non-hydrogen) atoms. The van der Waals surface area contributed by atoms with E-state index in [1.807, 2.05) is 0 Å². The summed E-state index contributed by atoms with van der Waals surface area (Å²) < 4.78 is 10.7. The van der Waals surface area contributed by atoms with Gasteiger partial charge in [0.05, 0.1) is 18.8 Å². The van der Waals surface area contributed by atoms with Crippen LogP contribution in [0.5, 0.6) is 0 Å². The third-order valence-corrected chi connectivity index (χ3v) is 11.8. The summed E-state index contributed by atoms with van der Waals surface area (Å²) in [5.74, 6) is 2.90. The number of rotatable bonds is 5. The molecule has 1 unspecified atom stereocenters. The van der Waals surface area contributed by atoms with Crippen molar-refractivity contribution in [2.24, 2.45) is 46.3 Å². The average molecular weight is 493 g/mol. The van der Waals surface area contributed by atoms with Crippen LogP contribution in [0.1, 0.15) is 97.8 Å². The van der Waals surface area contributed by atoms with Gasteiger partial charge >= 0.3 is 5.97 Å². The van der Waals surface area contributed by atoms with E-state index in [1.165, 1.54) is 19.3 Å². The molecule has 0 amide bonds. The second kappa shape index (κ2) is 9.89. The molecule has 1 saturated heterocycles. The molecule has 200 valence electrons. The zero-order valence-electron chi connectivity index (χ0n) is 22.0. The van der Waals surface area contributed by atoms with Gasteiger partial charge in [0.1, 0.15) is 0 Å². The highest BCUT2D eigenvalue weighted by Gasteiger charge is 2.63. The molecule has 0 aromatic rings. The second-order valence-electron chi connectivity index (χ2n) is 13.3. The summed E-state index contributed by atoms with van der Waals surface area (Å²) in [4.78, 5) is 12.5. The van der Waals surface area contributed by atoms with Crippen molar-refractivity contribution in [3.05, 3.63) is 0 Å². The minimum Gasteiger partial charge on any atom is -0.457 e. The van der Waals surface area contributed by atoms with E-state index in [0.717, 1.165) is 44.9 Å². The van der Waals surface area contributed by atoms with Gasteiger partial charge < -0.3 is 24.8 Å². The van der Waals surface area contributed by atoms with Crippen molar-refractivity contribution in [2.45, 2.75) is 122 Å². The minimum absolute atomic E-state index is 0.0880. The molecule has 0 radical (unpaired) electrons. The highest BCUT2D eigenvalue weighted by atomic mass is 16.6. The summed E-state index contributed by atoms with van der Waals surface area (Å²) in [5.41, 5.74) is 0.167. The smallest absolute Gasteiger partial charge is 0.306 e. The van der Waals surface area contributed by atoms with Crippen LogP contribution in [0.2, 0.25) is 0 Å². The normalized spacial score (nSPS) is 50.5. The van der Waals surface area contributed by atoms with Crippen molar-refractivity contribution in [1.82, 2.24) is 0 Å². The molecule has 4 aliphatic carbocycles. The Morgan fingerprint density at radius 1 is 1.03 bits per heavy atom. The molecule has 0 aromatic heterocycles. The first-order chi connectivity index (χ1) is 16.6. The molecule has 5 fully saturated rings. The summed E-state index contributed by atoms with van der Waals surface area (Å²) in [7, 11) is 0. The van der Waals surface area contributed by atoms with E-state index < -0.39 is 12.4 Å². The number of carbonyl (C=O) groups is 1. The Labute approximate surface area is 211 Å². The molecule has 6 nitrogen and oxygen atoms in total. The van der Waals surface area contributed by atoms with Gasteiger partial charge in [-0.1, -0.05) is 20.8 Å². The van der Waals surface area contributed by atoms with Gasteiger partial charge in [0.25, 0.3) is 0 Å². The number of hydrogen-bond acceptors (Lipinski definition) is 6. The first kappa shape index (κ1) is 25.9. The fourth-order valence-electron chi connectivity index (χ4n) is 9.79. The van der Waals surface area contributed by atoms with Crippen LogP contribution in [0.25, 0.3) is 0 Å². The Bertz CT molecular complexity index is 772. The molecule has 1 heterocycles. The van der Waals surface area contributed by atoms with Gasteiger partial charge in [-0.05, 0) is 117 Å². The molecule has 1 aliphatic heterocycles. The monoisotopic (exact) mass is 492 g/mol. The topological polar surface area (TPSA) is 96.2 Å². The first-order valence-corrected chi connectivity index (χ1v) is 14.5. The number of carbonyl (C=O) groups excluding carboxylic acids is 1. The first-order valence-electron chi connectivity index (χ1n) is 14.5. The average Bonchev–Trinajstić information content (AvgIpc) is 3.19. The summed E-state index contributed by atoms with van der Waals surface area (Å²) in [6, 6.07) is 0. The van der Waals surface area contributed by atoms with Crippen molar-refractivity contribution in [3.8, 4) is 0 Å². The predicted octanol–water partition coefficient (Wildman–Crippen LogP) is 4.43. The largest absolute Gasteiger partial charge is 0.457 e. The molecular weight excluding hydrogens is 444 g/mol. The van der Waals surface area contributed by atoms with Gasteiger partial charge in [-0.3, -0.25) is 4.79 Å². The Morgan fingerprint density at radius 2 is 1.83 bits per heavy atom. The van der Waals surface area contributed by atoms with E-state index in [-0.39, 0.29) is 29.0 Å². The zero-order valence-corrected chi connectivity index (χ0v) is 22.0. The van der Waals surface area contributed by atoms with Gasteiger partial charge in [0.15, 0.2) is 12.4 Å². The van der Waals surface area contributed by atoms with E-state index in [2.05, 4.69) is 20.8 Å².